The highest BCUT2D eigenvalue weighted by molar-refractivity contribution is 5.79. The molecule has 0 spiro atoms. The molecule has 1 aromatic heterocycles. The molecule has 1 fully saturated rings. The first-order valence-corrected chi connectivity index (χ1v) is 7.16. The standard InChI is InChI=1S/C14H22N4O2/c1-12(19)18-8-3-13(4-9-18)14(20)16-5-2-7-17-10-6-15-11-17/h6,10-11,13H,2-5,7-9H2,1H3,(H,16,20). The Morgan fingerprint density at radius 3 is 2.70 bits per heavy atom. The molecule has 1 aliphatic heterocycles. The number of carbonyl (C=O) groups excluding carboxylic acids is 2. The van der Waals surface area contributed by atoms with Crippen molar-refractivity contribution in [2.24, 2.45) is 5.92 Å². The molecule has 0 aromatic carbocycles. The molecule has 0 bridgehead atoms. The Bertz CT molecular complexity index is 436. The minimum atomic E-state index is 0.0545. The number of likely N-dealkylation sites (tertiary alicyclic amines) is 1. The first kappa shape index (κ1) is 14.6. The molecule has 0 aliphatic carbocycles. The Kier molecular flexibility index (Phi) is 5.15. The summed E-state index contributed by atoms with van der Waals surface area (Å²) < 4.78 is 2.00. The molecule has 1 saturated heterocycles. The lowest BCUT2D eigenvalue weighted by Crippen LogP contribution is -2.42. The Morgan fingerprint density at radius 2 is 2.10 bits per heavy atom. The molecule has 0 saturated carbocycles. The number of piperidine rings is 1. The summed E-state index contributed by atoms with van der Waals surface area (Å²) in [5, 5.41) is 2.98. The quantitative estimate of drug-likeness (QED) is 0.804. The highest BCUT2D eigenvalue weighted by Crippen LogP contribution is 2.17. The van der Waals surface area contributed by atoms with E-state index >= 15 is 0 Å². The number of aryl methyl sites for hydroxylation is 1. The Hall–Kier alpha value is -1.85. The zero-order chi connectivity index (χ0) is 14.4. The van der Waals surface area contributed by atoms with Crippen LogP contribution in [0.25, 0.3) is 0 Å². The van der Waals surface area contributed by atoms with Crippen molar-refractivity contribution in [3.8, 4) is 0 Å². The van der Waals surface area contributed by atoms with Crippen molar-refractivity contribution in [2.75, 3.05) is 19.6 Å². The summed E-state index contributed by atoms with van der Waals surface area (Å²) in [5.74, 6) is 0.280. The molecule has 2 amide bonds. The summed E-state index contributed by atoms with van der Waals surface area (Å²) >= 11 is 0. The topological polar surface area (TPSA) is 67.2 Å². The highest BCUT2D eigenvalue weighted by atomic mass is 16.2. The third-order valence-corrected chi connectivity index (χ3v) is 3.76. The van der Waals surface area contributed by atoms with Crippen LogP contribution in [0, 0.1) is 5.92 Å². The van der Waals surface area contributed by atoms with E-state index in [2.05, 4.69) is 10.3 Å². The van der Waals surface area contributed by atoms with Crippen molar-refractivity contribution in [1.82, 2.24) is 19.8 Å². The minimum absolute atomic E-state index is 0.0545. The summed E-state index contributed by atoms with van der Waals surface area (Å²) in [7, 11) is 0. The average Bonchev–Trinajstić information content (AvgIpc) is 2.96. The van der Waals surface area contributed by atoms with Gasteiger partial charge in [0.2, 0.25) is 11.8 Å². The molecule has 0 atom stereocenters. The number of nitrogens with zero attached hydrogens (tertiary/aromatic N) is 3. The molecular weight excluding hydrogens is 256 g/mol. The van der Waals surface area contributed by atoms with Crippen molar-refractivity contribution in [3.63, 3.8) is 0 Å². The van der Waals surface area contributed by atoms with Crippen LogP contribution in [0.2, 0.25) is 0 Å². The van der Waals surface area contributed by atoms with E-state index < -0.39 is 0 Å². The van der Waals surface area contributed by atoms with Gasteiger partial charge in [0, 0.05) is 51.4 Å². The fourth-order valence-corrected chi connectivity index (χ4v) is 2.49. The lowest BCUT2D eigenvalue weighted by atomic mass is 9.96. The first-order valence-electron chi connectivity index (χ1n) is 7.16. The third kappa shape index (κ3) is 4.08. The monoisotopic (exact) mass is 278 g/mol. The van der Waals surface area contributed by atoms with E-state index in [1.807, 2.05) is 15.7 Å². The second kappa shape index (κ2) is 7.07. The van der Waals surface area contributed by atoms with E-state index in [-0.39, 0.29) is 17.7 Å². The molecule has 6 nitrogen and oxygen atoms in total. The Labute approximate surface area is 119 Å². The number of amides is 2. The van der Waals surface area contributed by atoms with Gasteiger partial charge in [0.25, 0.3) is 0 Å². The Morgan fingerprint density at radius 1 is 1.35 bits per heavy atom. The van der Waals surface area contributed by atoms with E-state index in [1.54, 1.807) is 19.4 Å². The fraction of sp³-hybridized carbons (Fsp3) is 0.643. The van der Waals surface area contributed by atoms with Gasteiger partial charge in [0.15, 0.2) is 0 Å². The Balaban J connectivity index is 1.62. The van der Waals surface area contributed by atoms with Gasteiger partial charge in [-0.2, -0.15) is 0 Å². The highest BCUT2D eigenvalue weighted by Gasteiger charge is 2.25. The number of aromatic nitrogens is 2. The summed E-state index contributed by atoms with van der Waals surface area (Å²) in [6, 6.07) is 0. The molecule has 20 heavy (non-hydrogen) atoms. The van der Waals surface area contributed by atoms with Gasteiger partial charge in [-0.1, -0.05) is 0 Å². The van der Waals surface area contributed by atoms with E-state index in [1.165, 1.54) is 0 Å². The van der Waals surface area contributed by atoms with Crippen LogP contribution in [0.15, 0.2) is 18.7 Å². The van der Waals surface area contributed by atoms with Gasteiger partial charge < -0.3 is 14.8 Å². The predicted molar refractivity (Wildman–Crippen MR) is 74.8 cm³/mol. The predicted octanol–water partition coefficient (Wildman–Crippen LogP) is 0.648. The molecular formula is C14H22N4O2. The van der Waals surface area contributed by atoms with E-state index in [4.69, 9.17) is 0 Å². The summed E-state index contributed by atoms with van der Waals surface area (Å²) in [6.45, 7) is 4.52. The second-order valence-electron chi connectivity index (χ2n) is 5.23. The van der Waals surface area contributed by atoms with Crippen LogP contribution >= 0.6 is 0 Å². The van der Waals surface area contributed by atoms with Gasteiger partial charge >= 0.3 is 0 Å². The largest absolute Gasteiger partial charge is 0.356 e. The van der Waals surface area contributed by atoms with Gasteiger partial charge in [-0.05, 0) is 19.3 Å². The third-order valence-electron chi connectivity index (χ3n) is 3.76. The van der Waals surface area contributed by atoms with Crippen LogP contribution in [0.3, 0.4) is 0 Å². The molecule has 1 N–H and O–H groups in total. The molecule has 1 aromatic rings. The fourth-order valence-electron chi connectivity index (χ4n) is 2.49. The van der Waals surface area contributed by atoms with Crippen molar-refractivity contribution in [2.45, 2.75) is 32.7 Å². The number of nitrogens with one attached hydrogen (secondary N) is 1. The maximum absolute atomic E-state index is 12.0. The summed E-state index contributed by atoms with van der Waals surface area (Å²) in [4.78, 5) is 29.0. The number of hydrogen-bond donors (Lipinski definition) is 1. The number of carbonyl (C=O) groups is 2. The number of rotatable bonds is 5. The normalized spacial score (nSPS) is 16.1. The van der Waals surface area contributed by atoms with Gasteiger partial charge in [-0.25, -0.2) is 4.98 Å². The maximum atomic E-state index is 12.0. The van der Waals surface area contributed by atoms with Crippen LogP contribution in [0.4, 0.5) is 0 Å². The van der Waals surface area contributed by atoms with Crippen molar-refractivity contribution in [3.05, 3.63) is 18.7 Å². The molecule has 2 rings (SSSR count). The van der Waals surface area contributed by atoms with Crippen LogP contribution < -0.4 is 5.32 Å². The van der Waals surface area contributed by atoms with Crippen molar-refractivity contribution < 1.29 is 9.59 Å². The van der Waals surface area contributed by atoms with E-state index in [9.17, 15) is 9.59 Å². The maximum Gasteiger partial charge on any atom is 0.223 e. The van der Waals surface area contributed by atoms with Crippen LogP contribution in [-0.2, 0) is 16.1 Å². The zero-order valence-electron chi connectivity index (χ0n) is 11.9. The molecule has 1 aliphatic rings. The number of imidazole rings is 1. The molecule has 6 heteroatoms. The minimum Gasteiger partial charge on any atom is -0.356 e. The van der Waals surface area contributed by atoms with E-state index in [0.29, 0.717) is 19.6 Å². The lowest BCUT2D eigenvalue weighted by Gasteiger charge is -2.30. The lowest BCUT2D eigenvalue weighted by molar-refractivity contribution is -0.133. The second-order valence-corrected chi connectivity index (χ2v) is 5.23. The van der Waals surface area contributed by atoms with Crippen LogP contribution in [0.1, 0.15) is 26.2 Å². The number of hydrogen-bond acceptors (Lipinski definition) is 3. The smallest absolute Gasteiger partial charge is 0.223 e. The molecule has 0 radical (unpaired) electrons. The van der Waals surface area contributed by atoms with Gasteiger partial charge in [-0.15, -0.1) is 0 Å². The van der Waals surface area contributed by atoms with Crippen LogP contribution in [0.5, 0.6) is 0 Å². The summed E-state index contributed by atoms with van der Waals surface area (Å²) in [6.07, 6.45) is 7.88. The van der Waals surface area contributed by atoms with Crippen LogP contribution in [-0.4, -0.2) is 45.9 Å². The van der Waals surface area contributed by atoms with Gasteiger partial charge in [0.05, 0.1) is 6.33 Å². The summed E-state index contributed by atoms with van der Waals surface area (Å²) in [5.41, 5.74) is 0. The van der Waals surface area contributed by atoms with Crippen molar-refractivity contribution in [1.29, 1.82) is 0 Å². The van der Waals surface area contributed by atoms with Gasteiger partial charge in [-0.3, -0.25) is 9.59 Å². The molecule has 0 unspecified atom stereocenters. The molecule has 2 heterocycles. The van der Waals surface area contributed by atoms with E-state index in [0.717, 1.165) is 25.8 Å². The average molecular weight is 278 g/mol. The molecule has 110 valence electrons. The zero-order valence-corrected chi connectivity index (χ0v) is 11.9. The van der Waals surface area contributed by atoms with Crippen molar-refractivity contribution >= 4 is 11.8 Å². The first-order chi connectivity index (χ1) is 9.66. The van der Waals surface area contributed by atoms with Gasteiger partial charge in [0.1, 0.15) is 0 Å². The SMILES string of the molecule is CC(=O)N1CCC(C(=O)NCCCn2ccnc2)CC1.